The highest BCUT2D eigenvalue weighted by Gasteiger charge is 2.28. The highest BCUT2D eigenvalue weighted by Crippen LogP contribution is 2.37. The second-order valence-electron chi connectivity index (χ2n) is 5.70. The van der Waals surface area contributed by atoms with Crippen molar-refractivity contribution in [2.24, 2.45) is 11.8 Å². The molecule has 106 valence electrons. The summed E-state index contributed by atoms with van der Waals surface area (Å²) in [6, 6.07) is 5.11. The first-order chi connectivity index (χ1) is 9.10. The maximum atomic E-state index is 13.5. The van der Waals surface area contributed by atoms with Crippen LogP contribution in [0, 0.1) is 17.7 Å². The fraction of sp³-hybridized carbons (Fsp3) is 0.625. The van der Waals surface area contributed by atoms with Crippen LogP contribution in [-0.2, 0) is 6.42 Å². The Kier molecular flexibility index (Phi) is 5.53. The largest absolute Gasteiger partial charge is 0.205 e. The summed E-state index contributed by atoms with van der Waals surface area (Å²) in [5.74, 6) is 0.931. The molecule has 0 N–H and O–H groups in total. The second kappa shape index (κ2) is 6.95. The number of hydrogen-bond acceptors (Lipinski definition) is 0. The van der Waals surface area contributed by atoms with E-state index in [2.05, 4.69) is 6.92 Å². The SMILES string of the molecule is CCCC1CCC(Cl)C(Cc2ccc(Cl)c(F)c2)C1. The van der Waals surface area contributed by atoms with Gasteiger partial charge in [0.2, 0.25) is 0 Å². The molecule has 2 rings (SSSR count). The molecular weight excluding hydrogens is 282 g/mol. The summed E-state index contributed by atoms with van der Waals surface area (Å²) in [5, 5.41) is 0.422. The van der Waals surface area contributed by atoms with Crippen LogP contribution in [0.4, 0.5) is 4.39 Å². The van der Waals surface area contributed by atoms with Gasteiger partial charge in [0.05, 0.1) is 5.02 Å². The number of hydrogen-bond donors (Lipinski definition) is 0. The average Bonchev–Trinajstić information content (AvgIpc) is 2.38. The zero-order valence-electron chi connectivity index (χ0n) is 11.3. The predicted molar refractivity (Wildman–Crippen MR) is 80.5 cm³/mol. The lowest BCUT2D eigenvalue weighted by molar-refractivity contribution is 0.257. The maximum absolute atomic E-state index is 13.5. The van der Waals surface area contributed by atoms with Crippen LogP contribution in [-0.4, -0.2) is 5.38 Å². The zero-order chi connectivity index (χ0) is 13.8. The van der Waals surface area contributed by atoms with Gasteiger partial charge in [-0.3, -0.25) is 0 Å². The van der Waals surface area contributed by atoms with Crippen molar-refractivity contribution in [3.63, 3.8) is 0 Å². The van der Waals surface area contributed by atoms with Gasteiger partial charge in [0.15, 0.2) is 0 Å². The van der Waals surface area contributed by atoms with E-state index in [0.717, 1.165) is 24.3 Å². The smallest absolute Gasteiger partial charge is 0.142 e. The molecule has 1 aromatic carbocycles. The Morgan fingerprint density at radius 1 is 1.32 bits per heavy atom. The standard InChI is InChI=1S/C16H21Cl2F/c1-2-3-11-4-6-14(17)13(8-11)9-12-5-7-15(18)16(19)10-12/h5,7,10-11,13-14H,2-4,6,8-9H2,1H3. The first-order valence-corrected chi connectivity index (χ1v) is 7.99. The fourth-order valence-electron chi connectivity index (χ4n) is 3.18. The molecule has 1 aliphatic rings. The number of halogens is 3. The van der Waals surface area contributed by atoms with Crippen molar-refractivity contribution in [3.05, 3.63) is 34.6 Å². The van der Waals surface area contributed by atoms with Crippen LogP contribution >= 0.6 is 23.2 Å². The molecule has 3 unspecified atom stereocenters. The summed E-state index contributed by atoms with van der Waals surface area (Å²) in [6.45, 7) is 2.23. The molecule has 1 aromatic rings. The van der Waals surface area contributed by atoms with Crippen LogP contribution in [0.1, 0.15) is 44.6 Å². The van der Waals surface area contributed by atoms with Gasteiger partial charge in [0, 0.05) is 5.38 Å². The molecule has 0 aromatic heterocycles. The third-order valence-electron chi connectivity index (χ3n) is 4.18. The van der Waals surface area contributed by atoms with Crippen molar-refractivity contribution < 1.29 is 4.39 Å². The first-order valence-electron chi connectivity index (χ1n) is 7.18. The van der Waals surface area contributed by atoms with E-state index in [9.17, 15) is 4.39 Å². The fourth-order valence-corrected chi connectivity index (χ4v) is 3.61. The Labute approximate surface area is 125 Å². The molecule has 0 heterocycles. The van der Waals surface area contributed by atoms with E-state index < -0.39 is 0 Å². The number of alkyl halides is 1. The number of benzene rings is 1. The highest BCUT2D eigenvalue weighted by atomic mass is 35.5. The third kappa shape index (κ3) is 4.10. The van der Waals surface area contributed by atoms with Crippen LogP contribution in [0.25, 0.3) is 0 Å². The van der Waals surface area contributed by atoms with Gasteiger partial charge in [-0.1, -0.05) is 37.4 Å². The van der Waals surface area contributed by atoms with Crippen LogP contribution in [0.3, 0.4) is 0 Å². The van der Waals surface area contributed by atoms with Crippen molar-refractivity contribution >= 4 is 23.2 Å². The third-order valence-corrected chi connectivity index (χ3v) is 5.06. The van der Waals surface area contributed by atoms with E-state index >= 15 is 0 Å². The van der Waals surface area contributed by atoms with Crippen LogP contribution in [0.5, 0.6) is 0 Å². The van der Waals surface area contributed by atoms with E-state index in [1.54, 1.807) is 12.1 Å². The minimum atomic E-state index is -0.328. The highest BCUT2D eigenvalue weighted by molar-refractivity contribution is 6.30. The van der Waals surface area contributed by atoms with Gasteiger partial charge in [-0.05, 0) is 55.2 Å². The Morgan fingerprint density at radius 3 is 2.79 bits per heavy atom. The topological polar surface area (TPSA) is 0 Å². The van der Waals surface area contributed by atoms with Crippen LogP contribution in [0.15, 0.2) is 18.2 Å². The molecule has 19 heavy (non-hydrogen) atoms. The van der Waals surface area contributed by atoms with Gasteiger partial charge < -0.3 is 0 Å². The van der Waals surface area contributed by atoms with Crippen LogP contribution in [0.2, 0.25) is 5.02 Å². The minimum absolute atomic E-state index is 0.193. The molecule has 1 saturated carbocycles. The van der Waals surface area contributed by atoms with Gasteiger partial charge in [-0.2, -0.15) is 0 Å². The molecule has 0 nitrogen and oxygen atoms in total. The molecule has 0 saturated heterocycles. The molecule has 0 radical (unpaired) electrons. The van der Waals surface area contributed by atoms with Crippen LogP contribution < -0.4 is 0 Å². The molecule has 0 spiro atoms. The van der Waals surface area contributed by atoms with Crippen molar-refractivity contribution in [1.29, 1.82) is 0 Å². The maximum Gasteiger partial charge on any atom is 0.142 e. The second-order valence-corrected chi connectivity index (χ2v) is 6.66. The summed E-state index contributed by atoms with van der Waals surface area (Å²) in [7, 11) is 0. The molecule has 3 atom stereocenters. The number of rotatable bonds is 4. The lowest BCUT2D eigenvalue weighted by Crippen LogP contribution is -2.27. The van der Waals surface area contributed by atoms with Gasteiger partial charge in [-0.25, -0.2) is 4.39 Å². The Bertz CT molecular complexity index is 419. The van der Waals surface area contributed by atoms with Gasteiger partial charge in [-0.15, -0.1) is 11.6 Å². The van der Waals surface area contributed by atoms with Gasteiger partial charge in [0.25, 0.3) is 0 Å². The Morgan fingerprint density at radius 2 is 2.11 bits per heavy atom. The molecule has 0 amide bonds. The first kappa shape index (κ1) is 15.1. The average molecular weight is 303 g/mol. The monoisotopic (exact) mass is 302 g/mol. The van der Waals surface area contributed by atoms with Gasteiger partial charge in [0.1, 0.15) is 5.82 Å². The van der Waals surface area contributed by atoms with Crippen molar-refractivity contribution in [2.75, 3.05) is 0 Å². The van der Waals surface area contributed by atoms with Crippen molar-refractivity contribution in [3.8, 4) is 0 Å². The summed E-state index contributed by atoms with van der Waals surface area (Å²) in [6.07, 6.45) is 6.89. The summed E-state index contributed by atoms with van der Waals surface area (Å²) >= 11 is 12.2. The lowest BCUT2D eigenvalue weighted by Gasteiger charge is -2.33. The molecular formula is C16H21Cl2F. The van der Waals surface area contributed by atoms with Crippen molar-refractivity contribution in [2.45, 2.75) is 50.8 Å². The molecule has 0 bridgehead atoms. The summed E-state index contributed by atoms with van der Waals surface area (Å²) in [5.41, 5.74) is 1.01. The van der Waals surface area contributed by atoms with Gasteiger partial charge >= 0.3 is 0 Å². The minimum Gasteiger partial charge on any atom is -0.205 e. The van der Waals surface area contributed by atoms with E-state index in [0.29, 0.717) is 5.92 Å². The lowest BCUT2D eigenvalue weighted by atomic mass is 9.76. The van der Waals surface area contributed by atoms with E-state index in [-0.39, 0.29) is 16.2 Å². The zero-order valence-corrected chi connectivity index (χ0v) is 12.9. The molecule has 3 heteroatoms. The summed E-state index contributed by atoms with van der Waals surface area (Å²) < 4.78 is 13.5. The quantitative estimate of drug-likeness (QED) is 0.612. The Hall–Kier alpha value is -0.270. The molecule has 1 fully saturated rings. The van der Waals surface area contributed by atoms with E-state index in [1.807, 2.05) is 6.07 Å². The van der Waals surface area contributed by atoms with E-state index in [1.165, 1.54) is 25.7 Å². The van der Waals surface area contributed by atoms with Crippen molar-refractivity contribution in [1.82, 2.24) is 0 Å². The Balaban J connectivity index is 2.01. The van der Waals surface area contributed by atoms with E-state index in [4.69, 9.17) is 23.2 Å². The molecule has 1 aliphatic carbocycles. The predicted octanol–water partition coefficient (Wildman–Crippen LogP) is 5.85. The summed E-state index contributed by atoms with van der Waals surface area (Å²) in [4.78, 5) is 0. The normalized spacial score (nSPS) is 27.5. The molecule has 0 aliphatic heterocycles.